The van der Waals surface area contributed by atoms with Gasteiger partial charge in [0.2, 0.25) is 0 Å². The van der Waals surface area contributed by atoms with Crippen molar-refractivity contribution < 1.29 is 14.7 Å². The zero-order chi connectivity index (χ0) is 11.7. The van der Waals surface area contributed by atoms with Crippen LogP contribution in [0.25, 0.3) is 6.08 Å². The number of benzene rings is 1. The first-order valence-electron chi connectivity index (χ1n) is 4.92. The first-order chi connectivity index (χ1) is 7.65. The average molecular weight is 217 g/mol. The molecule has 0 aromatic heterocycles. The van der Waals surface area contributed by atoms with E-state index in [1.165, 1.54) is 0 Å². The number of rotatable bonds is 2. The van der Waals surface area contributed by atoms with E-state index in [0.717, 1.165) is 5.56 Å². The molecule has 16 heavy (non-hydrogen) atoms. The zero-order valence-corrected chi connectivity index (χ0v) is 8.78. The second-order valence-electron chi connectivity index (χ2n) is 3.59. The summed E-state index contributed by atoms with van der Waals surface area (Å²) in [6, 6.07) is 3.54. The van der Waals surface area contributed by atoms with Gasteiger partial charge >= 0.3 is 0 Å². The van der Waals surface area contributed by atoms with Gasteiger partial charge in [0.1, 0.15) is 0 Å². The van der Waals surface area contributed by atoms with E-state index in [1.807, 2.05) is 13.0 Å². The van der Waals surface area contributed by atoms with Gasteiger partial charge in [-0.1, -0.05) is 18.2 Å². The van der Waals surface area contributed by atoms with Crippen LogP contribution in [0.2, 0.25) is 0 Å². The lowest BCUT2D eigenvalue weighted by molar-refractivity contribution is -0.112. The van der Waals surface area contributed by atoms with E-state index < -0.39 is 11.7 Å². The Kier molecular flexibility index (Phi) is 2.58. The van der Waals surface area contributed by atoms with Crippen LogP contribution in [0.4, 0.5) is 5.69 Å². The maximum atomic E-state index is 11.6. The zero-order valence-electron chi connectivity index (χ0n) is 8.78. The summed E-state index contributed by atoms with van der Waals surface area (Å²) in [5.41, 5.74) is 2.52. The van der Waals surface area contributed by atoms with Crippen LogP contribution in [0.3, 0.4) is 0 Å². The number of hydrogen-bond acceptors (Lipinski definition) is 3. The van der Waals surface area contributed by atoms with E-state index in [1.54, 1.807) is 18.2 Å². The predicted octanol–water partition coefficient (Wildman–Crippen LogP) is 1.14. The number of hydrogen-bond donors (Lipinski definition) is 2. The highest BCUT2D eigenvalue weighted by atomic mass is 16.2. The Labute approximate surface area is 92.6 Å². The second kappa shape index (κ2) is 3.90. The molecule has 0 aliphatic carbocycles. The number of ketones is 1. The number of aliphatic hydroxyl groups is 1. The number of fused-ring (bicyclic) bond motifs is 1. The van der Waals surface area contributed by atoms with Crippen LogP contribution in [0, 0.1) is 6.92 Å². The summed E-state index contributed by atoms with van der Waals surface area (Å²) in [5.74, 6) is -1.12. The Bertz CT molecular complexity index is 503. The van der Waals surface area contributed by atoms with Gasteiger partial charge in [-0.05, 0) is 24.1 Å². The molecule has 2 rings (SSSR count). The fourth-order valence-electron chi connectivity index (χ4n) is 1.75. The molecule has 0 spiro atoms. The molecule has 0 fully saturated rings. The van der Waals surface area contributed by atoms with Crippen molar-refractivity contribution in [3.63, 3.8) is 0 Å². The van der Waals surface area contributed by atoms with Crippen LogP contribution in [-0.4, -0.2) is 23.4 Å². The molecular weight excluding hydrogens is 206 g/mol. The van der Waals surface area contributed by atoms with E-state index >= 15 is 0 Å². The van der Waals surface area contributed by atoms with E-state index in [4.69, 9.17) is 5.11 Å². The summed E-state index contributed by atoms with van der Waals surface area (Å²) in [7, 11) is 0. The average Bonchev–Trinajstić information content (AvgIpc) is 2.55. The normalized spacial score (nSPS) is 14.4. The summed E-state index contributed by atoms with van der Waals surface area (Å²) in [6.45, 7) is 1.76. The molecule has 1 aliphatic rings. The molecule has 0 atom stereocenters. The number of Topliss-reactive ketones (excluding diaryl/α,β-unsaturated/α-hetero) is 1. The van der Waals surface area contributed by atoms with Crippen molar-refractivity contribution >= 4 is 23.5 Å². The van der Waals surface area contributed by atoms with Gasteiger partial charge in [-0.2, -0.15) is 0 Å². The minimum Gasteiger partial charge on any atom is -0.392 e. The van der Waals surface area contributed by atoms with Crippen molar-refractivity contribution in [2.45, 2.75) is 6.92 Å². The maximum absolute atomic E-state index is 11.6. The fourth-order valence-corrected chi connectivity index (χ4v) is 1.75. The van der Waals surface area contributed by atoms with E-state index in [0.29, 0.717) is 16.8 Å². The molecule has 1 aromatic rings. The molecule has 1 aromatic carbocycles. The number of anilines is 1. The Balaban J connectivity index is 2.61. The van der Waals surface area contributed by atoms with Gasteiger partial charge in [-0.3, -0.25) is 9.59 Å². The topological polar surface area (TPSA) is 66.4 Å². The van der Waals surface area contributed by atoms with Gasteiger partial charge < -0.3 is 10.4 Å². The molecule has 0 saturated carbocycles. The third-order valence-electron chi connectivity index (χ3n) is 2.53. The Hall–Kier alpha value is -1.94. The molecule has 1 heterocycles. The van der Waals surface area contributed by atoms with Crippen molar-refractivity contribution in [3.8, 4) is 0 Å². The standard InChI is InChI=1S/C12H11NO3/c1-7-4-5-9-10(8(7)3-2-6-14)11(15)12(16)13-9/h2-5,14H,6H2,1H3,(H,13,15,16). The number of aliphatic hydroxyl groups excluding tert-OH is 1. The van der Waals surface area contributed by atoms with Crippen molar-refractivity contribution in [2.24, 2.45) is 0 Å². The highest BCUT2D eigenvalue weighted by Gasteiger charge is 2.30. The molecule has 0 unspecified atom stereocenters. The summed E-state index contributed by atoms with van der Waals surface area (Å²) >= 11 is 0. The highest BCUT2D eigenvalue weighted by Crippen LogP contribution is 2.29. The Morgan fingerprint density at radius 3 is 2.81 bits per heavy atom. The second-order valence-corrected chi connectivity index (χ2v) is 3.59. The van der Waals surface area contributed by atoms with Crippen molar-refractivity contribution in [1.82, 2.24) is 0 Å². The largest absolute Gasteiger partial charge is 0.392 e. The molecule has 0 bridgehead atoms. The van der Waals surface area contributed by atoms with Crippen LogP contribution < -0.4 is 5.32 Å². The molecule has 82 valence electrons. The molecule has 2 N–H and O–H groups in total. The SMILES string of the molecule is Cc1ccc2c(c1C=CCO)C(=O)C(=O)N2. The molecular formula is C12H11NO3. The lowest BCUT2D eigenvalue weighted by atomic mass is 9.98. The van der Waals surface area contributed by atoms with Gasteiger partial charge in [-0.15, -0.1) is 0 Å². The molecule has 4 nitrogen and oxygen atoms in total. The highest BCUT2D eigenvalue weighted by molar-refractivity contribution is 6.52. The van der Waals surface area contributed by atoms with Crippen molar-refractivity contribution in [3.05, 3.63) is 34.9 Å². The lowest BCUT2D eigenvalue weighted by Gasteiger charge is -2.05. The summed E-state index contributed by atoms with van der Waals surface area (Å²) < 4.78 is 0. The van der Waals surface area contributed by atoms with Gasteiger partial charge in [-0.25, -0.2) is 0 Å². The smallest absolute Gasteiger partial charge is 0.296 e. The van der Waals surface area contributed by atoms with Gasteiger partial charge in [0, 0.05) is 0 Å². The Morgan fingerprint density at radius 2 is 2.12 bits per heavy atom. The predicted molar refractivity (Wildman–Crippen MR) is 60.3 cm³/mol. The van der Waals surface area contributed by atoms with Crippen LogP contribution in [0.15, 0.2) is 18.2 Å². The summed E-state index contributed by atoms with van der Waals surface area (Å²) in [5, 5.41) is 11.2. The molecule has 1 aliphatic heterocycles. The van der Waals surface area contributed by atoms with E-state index in [9.17, 15) is 9.59 Å². The van der Waals surface area contributed by atoms with Gasteiger partial charge in [0.05, 0.1) is 17.9 Å². The van der Waals surface area contributed by atoms with Crippen LogP contribution >= 0.6 is 0 Å². The molecule has 0 radical (unpaired) electrons. The van der Waals surface area contributed by atoms with E-state index in [-0.39, 0.29) is 6.61 Å². The number of nitrogens with one attached hydrogen (secondary N) is 1. The quantitative estimate of drug-likeness (QED) is 0.730. The monoisotopic (exact) mass is 217 g/mol. The van der Waals surface area contributed by atoms with Crippen molar-refractivity contribution in [2.75, 3.05) is 11.9 Å². The third kappa shape index (κ3) is 1.53. The van der Waals surface area contributed by atoms with Crippen LogP contribution in [-0.2, 0) is 4.79 Å². The fraction of sp³-hybridized carbons (Fsp3) is 0.167. The Morgan fingerprint density at radius 1 is 1.38 bits per heavy atom. The van der Waals surface area contributed by atoms with Gasteiger partial charge in [0.15, 0.2) is 0 Å². The number of carbonyl (C=O) groups excluding carboxylic acids is 2. The van der Waals surface area contributed by atoms with Crippen molar-refractivity contribution in [1.29, 1.82) is 0 Å². The maximum Gasteiger partial charge on any atom is 0.296 e. The lowest BCUT2D eigenvalue weighted by Crippen LogP contribution is -2.13. The molecule has 0 saturated heterocycles. The van der Waals surface area contributed by atoms with Crippen LogP contribution in [0.1, 0.15) is 21.5 Å². The van der Waals surface area contributed by atoms with E-state index in [2.05, 4.69) is 5.32 Å². The minimum absolute atomic E-state index is 0.0985. The first-order valence-corrected chi connectivity index (χ1v) is 4.92. The summed E-state index contributed by atoms with van der Waals surface area (Å²) in [4.78, 5) is 22.9. The molecule has 4 heteroatoms. The number of amides is 1. The van der Waals surface area contributed by atoms with Gasteiger partial charge in [0.25, 0.3) is 11.7 Å². The minimum atomic E-state index is -0.598. The first kappa shape index (κ1) is 10.6. The summed E-state index contributed by atoms with van der Waals surface area (Å²) in [6.07, 6.45) is 3.20. The molecule has 1 amide bonds. The number of carbonyl (C=O) groups is 2. The third-order valence-corrected chi connectivity index (χ3v) is 2.53. The number of aryl methyl sites for hydroxylation is 1. The van der Waals surface area contributed by atoms with Crippen LogP contribution in [0.5, 0.6) is 0 Å².